The van der Waals surface area contributed by atoms with E-state index in [2.05, 4.69) is 23.2 Å². The van der Waals surface area contributed by atoms with Crippen LogP contribution in [0.25, 0.3) is 0 Å². The zero-order valence-corrected chi connectivity index (χ0v) is 11.7. The van der Waals surface area contributed by atoms with Crippen molar-refractivity contribution in [1.29, 1.82) is 5.26 Å². The molecule has 0 amide bonds. The summed E-state index contributed by atoms with van der Waals surface area (Å²) in [5, 5.41) is 12.4. The van der Waals surface area contributed by atoms with Crippen LogP contribution < -0.4 is 5.32 Å². The first-order chi connectivity index (χ1) is 8.78. The minimum absolute atomic E-state index is 0.382. The number of nitrogens with one attached hydrogen (secondary N) is 1. The van der Waals surface area contributed by atoms with Gasteiger partial charge < -0.3 is 10.2 Å². The summed E-state index contributed by atoms with van der Waals surface area (Å²) in [6.45, 7) is 8.20. The predicted molar refractivity (Wildman–Crippen MR) is 74.2 cm³/mol. The van der Waals surface area contributed by atoms with E-state index < -0.39 is 0 Å². The minimum atomic E-state index is 0.382. The van der Waals surface area contributed by atoms with Gasteiger partial charge in [-0.05, 0) is 63.1 Å². The molecule has 1 heterocycles. The van der Waals surface area contributed by atoms with Crippen molar-refractivity contribution >= 4 is 0 Å². The Balaban J connectivity index is 1.71. The molecule has 3 nitrogen and oxygen atoms in total. The Morgan fingerprint density at radius 2 is 2.28 bits per heavy atom. The van der Waals surface area contributed by atoms with Gasteiger partial charge in [-0.15, -0.1) is 0 Å². The van der Waals surface area contributed by atoms with Crippen LogP contribution in [0, 0.1) is 22.7 Å². The monoisotopic (exact) mass is 249 g/mol. The number of hydrogen-bond acceptors (Lipinski definition) is 3. The molecule has 0 spiro atoms. The van der Waals surface area contributed by atoms with Crippen molar-refractivity contribution in [1.82, 2.24) is 10.2 Å². The number of hydrogen-bond donors (Lipinski definition) is 1. The van der Waals surface area contributed by atoms with Gasteiger partial charge in [0, 0.05) is 19.5 Å². The average molecular weight is 249 g/mol. The van der Waals surface area contributed by atoms with E-state index in [0.717, 1.165) is 18.9 Å². The molecule has 2 aliphatic rings. The average Bonchev–Trinajstić information content (AvgIpc) is 3.10. The molecular weight excluding hydrogens is 222 g/mol. The molecule has 102 valence electrons. The molecule has 1 atom stereocenters. The fraction of sp³-hybridized carbons (Fsp3) is 0.933. The zero-order chi connectivity index (χ0) is 12.8. The standard InChI is InChI=1S/C15H27N3/c1-2-9-17-11-14-4-3-10-18(12-14)13-15(5-6-15)7-8-16/h14,17H,2-7,9-13H2,1H3. The summed E-state index contributed by atoms with van der Waals surface area (Å²) in [5.41, 5.74) is 0.382. The molecule has 0 bridgehead atoms. The maximum atomic E-state index is 8.89. The molecule has 1 N–H and O–H groups in total. The summed E-state index contributed by atoms with van der Waals surface area (Å²) in [6, 6.07) is 2.37. The lowest BCUT2D eigenvalue weighted by atomic mass is 9.95. The Morgan fingerprint density at radius 1 is 1.44 bits per heavy atom. The summed E-state index contributed by atoms with van der Waals surface area (Å²) in [7, 11) is 0. The second-order valence-electron chi connectivity index (χ2n) is 6.28. The van der Waals surface area contributed by atoms with Gasteiger partial charge in [0.2, 0.25) is 0 Å². The molecule has 1 saturated carbocycles. The van der Waals surface area contributed by atoms with Crippen molar-refractivity contribution in [2.45, 2.75) is 45.4 Å². The molecule has 2 fully saturated rings. The van der Waals surface area contributed by atoms with E-state index in [0.29, 0.717) is 5.41 Å². The molecule has 1 aliphatic carbocycles. The first-order valence-electron chi connectivity index (χ1n) is 7.58. The molecule has 3 heteroatoms. The third kappa shape index (κ3) is 3.96. The van der Waals surface area contributed by atoms with Crippen LogP contribution in [-0.4, -0.2) is 37.6 Å². The van der Waals surface area contributed by atoms with E-state index in [1.807, 2.05) is 0 Å². The van der Waals surface area contributed by atoms with Gasteiger partial charge in [-0.2, -0.15) is 5.26 Å². The second kappa shape index (κ2) is 6.54. The maximum absolute atomic E-state index is 8.89. The Kier molecular flexibility index (Phi) is 5.03. The topological polar surface area (TPSA) is 39.1 Å². The van der Waals surface area contributed by atoms with Crippen molar-refractivity contribution in [3.8, 4) is 6.07 Å². The normalized spacial score (nSPS) is 26.8. The molecule has 1 saturated heterocycles. The Hall–Kier alpha value is -0.590. The van der Waals surface area contributed by atoms with Crippen LogP contribution in [0.4, 0.5) is 0 Å². The fourth-order valence-electron chi connectivity index (χ4n) is 3.15. The van der Waals surface area contributed by atoms with Crippen molar-refractivity contribution < 1.29 is 0 Å². The molecule has 1 unspecified atom stereocenters. The van der Waals surface area contributed by atoms with Gasteiger partial charge in [-0.3, -0.25) is 0 Å². The number of piperidine rings is 1. The number of nitrogens with zero attached hydrogens (tertiary/aromatic N) is 2. The molecule has 0 aromatic rings. The third-order valence-electron chi connectivity index (χ3n) is 4.43. The van der Waals surface area contributed by atoms with Gasteiger partial charge in [0.05, 0.1) is 6.07 Å². The van der Waals surface area contributed by atoms with Crippen LogP contribution in [0.5, 0.6) is 0 Å². The zero-order valence-electron chi connectivity index (χ0n) is 11.7. The van der Waals surface area contributed by atoms with Crippen LogP contribution in [-0.2, 0) is 0 Å². The van der Waals surface area contributed by atoms with Crippen molar-refractivity contribution in [2.24, 2.45) is 11.3 Å². The Labute approximate surface area is 112 Å². The number of rotatable bonds is 7. The van der Waals surface area contributed by atoms with E-state index in [1.54, 1.807) is 0 Å². The van der Waals surface area contributed by atoms with Crippen molar-refractivity contribution in [2.75, 3.05) is 32.7 Å². The SMILES string of the molecule is CCCNCC1CCCN(CC2(CC#N)CC2)C1. The predicted octanol–water partition coefficient (Wildman–Crippen LogP) is 2.39. The smallest absolute Gasteiger partial charge is 0.0628 e. The number of nitriles is 1. The highest BCUT2D eigenvalue weighted by Crippen LogP contribution is 2.49. The van der Waals surface area contributed by atoms with E-state index in [4.69, 9.17) is 5.26 Å². The molecular formula is C15H27N3. The van der Waals surface area contributed by atoms with Gasteiger partial charge in [-0.1, -0.05) is 6.92 Å². The van der Waals surface area contributed by atoms with E-state index in [1.165, 1.54) is 58.3 Å². The fourth-order valence-corrected chi connectivity index (χ4v) is 3.15. The largest absolute Gasteiger partial charge is 0.316 e. The van der Waals surface area contributed by atoms with Gasteiger partial charge >= 0.3 is 0 Å². The van der Waals surface area contributed by atoms with Crippen molar-refractivity contribution in [3.63, 3.8) is 0 Å². The van der Waals surface area contributed by atoms with Crippen LogP contribution in [0.2, 0.25) is 0 Å². The van der Waals surface area contributed by atoms with Gasteiger partial charge in [0.25, 0.3) is 0 Å². The van der Waals surface area contributed by atoms with Gasteiger partial charge in [0.1, 0.15) is 0 Å². The molecule has 2 rings (SSSR count). The summed E-state index contributed by atoms with van der Waals surface area (Å²) in [5.74, 6) is 0.822. The summed E-state index contributed by atoms with van der Waals surface area (Å²) >= 11 is 0. The highest BCUT2D eigenvalue weighted by molar-refractivity contribution is 5.01. The number of likely N-dealkylation sites (tertiary alicyclic amines) is 1. The van der Waals surface area contributed by atoms with E-state index in [-0.39, 0.29) is 0 Å². The Morgan fingerprint density at radius 3 is 2.94 bits per heavy atom. The van der Waals surface area contributed by atoms with E-state index in [9.17, 15) is 0 Å². The second-order valence-corrected chi connectivity index (χ2v) is 6.28. The minimum Gasteiger partial charge on any atom is -0.316 e. The molecule has 1 aliphatic heterocycles. The van der Waals surface area contributed by atoms with Crippen molar-refractivity contribution in [3.05, 3.63) is 0 Å². The first kappa shape index (κ1) is 13.8. The van der Waals surface area contributed by atoms with Crippen LogP contribution in [0.15, 0.2) is 0 Å². The summed E-state index contributed by atoms with van der Waals surface area (Å²) in [6.07, 6.45) is 7.25. The molecule has 18 heavy (non-hydrogen) atoms. The summed E-state index contributed by atoms with van der Waals surface area (Å²) in [4.78, 5) is 2.62. The molecule has 0 aromatic heterocycles. The third-order valence-corrected chi connectivity index (χ3v) is 4.43. The van der Waals surface area contributed by atoms with Gasteiger partial charge in [-0.25, -0.2) is 0 Å². The van der Waals surface area contributed by atoms with Gasteiger partial charge in [0.15, 0.2) is 0 Å². The highest BCUT2D eigenvalue weighted by atomic mass is 15.1. The summed E-state index contributed by atoms with van der Waals surface area (Å²) < 4.78 is 0. The van der Waals surface area contributed by atoms with E-state index >= 15 is 0 Å². The molecule has 0 aromatic carbocycles. The highest BCUT2D eigenvalue weighted by Gasteiger charge is 2.44. The quantitative estimate of drug-likeness (QED) is 0.704. The molecule has 0 radical (unpaired) electrons. The lowest BCUT2D eigenvalue weighted by Gasteiger charge is -2.35. The van der Waals surface area contributed by atoms with Crippen LogP contribution in [0.1, 0.15) is 45.4 Å². The lowest BCUT2D eigenvalue weighted by molar-refractivity contribution is 0.144. The lowest BCUT2D eigenvalue weighted by Crippen LogP contribution is -2.42. The first-order valence-corrected chi connectivity index (χ1v) is 7.58. The Bertz CT molecular complexity index is 291. The maximum Gasteiger partial charge on any atom is 0.0628 e. The van der Waals surface area contributed by atoms with Crippen LogP contribution in [0.3, 0.4) is 0 Å². The van der Waals surface area contributed by atoms with Crippen LogP contribution >= 0.6 is 0 Å².